The zero-order valence-electron chi connectivity index (χ0n) is 17.7. The van der Waals surface area contributed by atoms with Crippen LogP contribution < -0.4 is 5.32 Å². The van der Waals surface area contributed by atoms with E-state index >= 15 is 0 Å². The van der Waals surface area contributed by atoms with Gasteiger partial charge in [0.25, 0.3) is 5.91 Å². The molecule has 2 aliphatic rings. The molecule has 0 unspecified atom stereocenters. The Hall–Kier alpha value is -2.72. The van der Waals surface area contributed by atoms with Gasteiger partial charge in [0.05, 0.1) is 23.7 Å². The van der Waals surface area contributed by atoms with Crippen molar-refractivity contribution in [2.45, 2.75) is 38.5 Å². The molecule has 10 heteroatoms. The lowest BCUT2D eigenvalue weighted by molar-refractivity contribution is -0.128. The standard InChI is InChI=1S/C22H24N2O6S2/c1-2-30-22(27)19-16-9-11-32(28,29)13-17(16)31-21(19)23-20(26)15-7-5-14(6-8-15)12-24-10-3-4-18(24)25/h5-8H,2-4,9-13H2,1H3,(H,23,26). The minimum absolute atomic E-state index is 0.0303. The van der Waals surface area contributed by atoms with Gasteiger partial charge in [-0.15, -0.1) is 11.3 Å². The van der Waals surface area contributed by atoms with Gasteiger partial charge in [-0.3, -0.25) is 9.59 Å². The van der Waals surface area contributed by atoms with Crippen molar-refractivity contribution in [2.75, 3.05) is 24.2 Å². The van der Waals surface area contributed by atoms with E-state index in [2.05, 4.69) is 5.32 Å². The summed E-state index contributed by atoms with van der Waals surface area (Å²) in [7, 11) is -3.22. The predicted octanol–water partition coefficient (Wildman–Crippen LogP) is 2.77. The number of thiophene rings is 1. The van der Waals surface area contributed by atoms with Crippen molar-refractivity contribution in [2.24, 2.45) is 0 Å². The van der Waals surface area contributed by atoms with Gasteiger partial charge in [-0.1, -0.05) is 12.1 Å². The minimum atomic E-state index is -3.22. The third-order valence-corrected chi connectivity index (χ3v) is 8.46. The van der Waals surface area contributed by atoms with Crippen molar-refractivity contribution < 1.29 is 27.5 Å². The molecular formula is C22H24N2O6S2. The minimum Gasteiger partial charge on any atom is -0.462 e. The van der Waals surface area contributed by atoms with Crippen molar-refractivity contribution in [3.8, 4) is 0 Å². The van der Waals surface area contributed by atoms with Gasteiger partial charge in [0.2, 0.25) is 5.91 Å². The van der Waals surface area contributed by atoms with Crippen molar-refractivity contribution >= 4 is 44.0 Å². The van der Waals surface area contributed by atoms with Crippen LogP contribution in [0.2, 0.25) is 0 Å². The Bertz CT molecular complexity index is 1170. The van der Waals surface area contributed by atoms with Crippen LogP contribution in [0.1, 0.15) is 56.5 Å². The number of hydrogen-bond acceptors (Lipinski definition) is 7. The van der Waals surface area contributed by atoms with E-state index in [9.17, 15) is 22.8 Å². The first kappa shape index (κ1) is 22.5. The maximum atomic E-state index is 12.9. The van der Waals surface area contributed by atoms with E-state index in [1.54, 1.807) is 36.1 Å². The lowest BCUT2D eigenvalue weighted by Crippen LogP contribution is -2.23. The zero-order valence-corrected chi connectivity index (χ0v) is 19.3. The largest absolute Gasteiger partial charge is 0.462 e. The van der Waals surface area contributed by atoms with E-state index in [0.29, 0.717) is 34.0 Å². The SMILES string of the molecule is CCOC(=O)c1c(NC(=O)c2ccc(CN3CCCC3=O)cc2)sc2c1CCS(=O)(=O)C2. The average Bonchev–Trinajstić information content (AvgIpc) is 3.30. The van der Waals surface area contributed by atoms with Crippen LogP contribution >= 0.6 is 11.3 Å². The highest BCUT2D eigenvalue weighted by molar-refractivity contribution is 7.90. The number of nitrogens with one attached hydrogen (secondary N) is 1. The van der Waals surface area contributed by atoms with E-state index < -0.39 is 21.7 Å². The number of amides is 2. The third-order valence-electron chi connectivity index (χ3n) is 5.57. The summed E-state index contributed by atoms with van der Waals surface area (Å²) in [5, 5.41) is 3.08. The second kappa shape index (κ2) is 9.03. The van der Waals surface area contributed by atoms with Gasteiger partial charge >= 0.3 is 5.97 Å². The summed E-state index contributed by atoms with van der Waals surface area (Å²) in [6, 6.07) is 6.96. The molecule has 2 amide bonds. The molecule has 1 aromatic carbocycles. The number of nitrogens with zero attached hydrogens (tertiary/aromatic N) is 1. The first-order valence-corrected chi connectivity index (χ1v) is 13.1. The molecule has 0 bridgehead atoms. The molecule has 0 spiro atoms. The van der Waals surface area contributed by atoms with E-state index in [1.807, 2.05) is 0 Å². The Morgan fingerprint density at radius 3 is 2.59 bits per heavy atom. The Morgan fingerprint density at radius 1 is 1.19 bits per heavy atom. The van der Waals surface area contributed by atoms with E-state index in [-0.39, 0.29) is 36.0 Å². The van der Waals surface area contributed by atoms with Crippen LogP contribution in [-0.4, -0.2) is 50.0 Å². The number of likely N-dealkylation sites (tertiary alicyclic amines) is 1. The zero-order chi connectivity index (χ0) is 22.9. The number of carbonyl (C=O) groups is 3. The summed E-state index contributed by atoms with van der Waals surface area (Å²) in [6.07, 6.45) is 1.67. The number of ether oxygens (including phenoxy) is 1. The van der Waals surface area contributed by atoms with E-state index in [1.165, 1.54) is 0 Å². The summed E-state index contributed by atoms with van der Waals surface area (Å²) < 4.78 is 29.2. The van der Waals surface area contributed by atoms with Gasteiger partial charge in [0, 0.05) is 30.0 Å². The number of sulfone groups is 1. The van der Waals surface area contributed by atoms with Crippen LogP contribution in [0.4, 0.5) is 5.00 Å². The Kier molecular flexibility index (Phi) is 6.34. The molecule has 1 fully saturated rings. The highest BCUT2D eigenvalue weighted by atomic mass is 32.2. The number of hydrogen-bond donors (Lipinski definition) is 1. The second-order valence-electron chi connectivity index (χ2n) is 7.84. The monoisotopic (exact) mass is 476 g/mol. The number of esters is 1. The second-order valence-corrected chi connectivity index (χ2v) is 11.1. The molecule has 0 radical (unpaired) electrons. The van der Waals surface area contributed by atoms with E-state index in [4.69, 9.17) is 4.74 Å². The predicted molar refractivity (Wildman–Crippen MR) is 121 cm³/mol. The molecule has 8 nitrogen and oxygen atoms in total. The highest BCUT2D eigenvalue weighted by Gasteiger charge is 2.32. The maximum Gasteiger partial charge on any atom is 0.341 e. The number of fused-ring (bicyclic) bond motifs is 1. The van der Waals surface area contributed by atoms with Gasteiger partial charge in [-0.25, -0.2) is 13.2 Å². The van der Waals surface area contributed by atoms with Crippen LogP contribution in [0.5, 0.6) is 0 Å². The lowest BCUT2D eigenvalue weighted by atomic mass is 10.1. The number of carbonyl (C=O) groups excluding carboxylic acids is 3. The molecule has 3 heterocycles. The molecule has 170 valence electrons. The first-order valence-electron chi connectivity index (χ1n) is 10.5. The first-order chi connectivity index (χ1) is 15.3. The van der Waals surface area contributed by atoms with Crippen LogP contribution in [0.15, 0.2) is 24.3 Å². The maximum absolute atomic E-state index is 12.9. The molecular weight excluding hydrogens is 452 g/mol. The third kappa shape index (κ3) is 4.71. The molecule has 0 atom stereocenters. The van der Waals surface area contributed by atoms with Gasteiger partial charge in [0.1, 0.15) is 5.00 Å². The fourth-order valence-corrected chi connectivity index (χ4v) is 6.99. The molecule has 0 saturated carbocycles. The average molecular weight is 477 g/mol. The quantitative estimate of drug-likeness (QED) is 0.642. The molecule has 2 aliphatic heterocycles. The fourth-order valence-electron chi connectivity index (χ4n) is 3.96. The smallest absolute Gasteiger partial charge is 0.341 e. The van der Waals surface area contributed by atoms with Gasteiger partial charge < -0.3 is 15.0 Å². The Balaban J connectivity index is 1.54. The Morgan fingerprint density at radius 2 is 1.94 bits per heavy atom. The molecule has 2 aromatic rings. The van der Waals surface area contributed by atoms with E-state index in [0.717, 1.165) is 29.9 Å². The van der Waals surface area contributed by atoms with Crippen molar-refractivity contribution in [1.29, 1.82) is 0 Å². The summed E-state index contributed by atoms with van der Waals surface area (Å²) in [4.78, 5) is 39.6. The summed E-state index contributed by atoms with van der Waals surface area (Å²) in [6.45, 7) is 3.13. The van der Waals surface area contributed by atoms with Crippen LogP contribution in [0.25, 0.3) is 0 Å². The summed E-state index contributed by atoms with van der Waals surface area (Å²) in [5.74, 6) is -0.996. The fraction of sp³-hybridized carbons (Fsp3) is 0.409. The molecule has 1 saturated heterocycles. The number of rotatable bonds is 6. The van der Waals surface area contributed by atoms with Crippen LogP contribution in [-0.2, 0) is 38.1 Å². The Labute approximate surface area is 190 Å². The summed E-state index contributed by atoms with van der Waals surface area (Å²) >= 11 is 1.11. The number of anilines is 1. The van der Waals surface area contributed by atoms with Gasteiger partial charge in [-0.2, -0.15) is 0 Å². The molecule has 1 aromatic heterocycles. The lowest BCUT2D eigenvalue weighted by Gasteiger charge is -2.15. The van der Waals surface area contributed by atoms with Gasteiger partial charge in [0.15, 0.2) is 9.84 Å². The molecule has 32 heavy (non-hydrogen) atoms. The highest BCUT2D eigenvalue weighted by Crippen LogP contribution is 2.38. The molecule has 1 N–H and O–H groups in total. The topological polar surface area (TPSA) is 110 Å². The van der Waals surface area contributed by atoms with Crippen molar-refractivity contribution in [1.82, 2.24) is 4.90 Å². The van der Waals surface area contributed by atoms with Crippen LogP contribution in [0.3, 0.4) is 0 Å². The molecule has 0 aliphatic carbocycles. The number of benzene rings is 1. The van der Waals surface area contributed by atoms with Crippen molar-refractivity contribution in [3.05, 3.63) is 51.4 Å². The molecule has 4 rings (SSSR count). The summed E-state index contributed by atoms with van der Waals surface area (Å²) in [5.41, 5.74) is 2.22. The normalized spacial score (nSPS) is 17.2. The van der Waals surface area contributed by atoms with Crippen molar-refractivity contribution in [3.63, 3.8) is 0 Å². The van der Waals surface area contributed by atoms with Gasteiger partial charge in [-0.05, 0) is 43.0 Å². The van der Waals surface area contributed by atoms with Crippen LogP contribution in [0, 0.1) is 0 Å².